The van der Waals surface area contributed by atoms with E-state index in [-0.39, 0.29) is 24.3 Å². The third-order valence-corrected chi connectivity index (χ3v) is 3.59. The molecule has 3 atom stereocenters. The zero-order valence-electron chi connectivity index (χ0n) is 14.8. The van der Waals surface area contributed by atoms with Gasteiger partial charge in [0.25, 0.3) is 0 Å². The summed E-state index contributed by atoms with van der Waals surface area (Å²) in [6.07, 6.45) is -0.0970. The maximum atomic E-state index is 12.1. The van der Waals surface area contributed by atoms with Crippen molar-refractivity contribution in [3.05, 3.63) is 22.7 Å². The van der Waals surface area contributed by atoms with Gasteiger partial charge in [0.2, 0.25) is 0 Å². The molecule has 9 nitrogen and oxygen atoms in total. The molecule has 140 valence electrons. The molecular formula is C16H25N3O6. The number of esters is 1. The monoisotopic (exact) mass is 355 g/mol. The van der Waals surface area contributed by atoms with Crippen molar-refractivity contribution in [3.63, 3.8) is 0 Å². The summed E-state index contributed by atoms with van der Waals surface area (Å²) >= 11 is 0. The molecule has 0 unspecified atom stereocenters. The number of hydrogen-bond acceptors (Lipinski definition) is 8. The smallest absolute Gasteiger partial charge is 0.351 e. The van der Waals surface area contributed by atoms with Gasteiger partial charge in [-0.1, -0.05) is 13.8 Å². The molecule has 0 bridgehead atoms. The zero-order valence-corrected chi connectivity index (χ0v) is 14.8. The number of carbonyl (C=O) groups is 1. The molecule has 2 heterocycles. The largest absolute Gasteiger partial charge is 0.463 e. The van der Waals surface area contributed by atoms with Crippen molar-refractivity contribution in [2.24, 2.45) is 5.92 Å². The van der Waals surface area contributed by atoms with Crippen LogP contribution in [0.2, 0.25) is 0 Å². The molecular weight excluding hydrogens is 330 g/mol. The van der Waals surface area contributed by atoms with Crippen LogP contribution in [0.15, 0.2) is 17.1 Å². The van der Waals surface area contributed by atoms with Crippen LogP contribution in [0, 0.1) is 5.92 Å². The summed E-state index contributed by atoms with van der Waals surface area (Å²) in [5, 5.41) is 9.95. The Labute approximate surface area is 145 Å². The summed E-state index contributed by atoms with van der Waals surface area (Å²) in [5.41, 5.74) is 4.92. The summed E-state index contributed by atoms with van der Waals surface area (Å²) in [7, 11) is 0. The van der Waals surface area contributed by atoms with E-state index in [2.05, 4.69) is 4.98 Å². The number of nitrogens with two attached hydrogens (primary N) is 1. The minimum atomic E-state index is -1.42. The highest BCUT2D eigenvalue weighted by molar-refractivity contribution is 5.71. The molecule has 0 radical (unpaired) electrons. The minimum absolute atomic E-state index is 0.0381. The normalized spacial score (nSPS) is 23.8. The van der Waals surface area contributed by atoms with Crippen LogP contribution >= 0.6 is 0 Å². The maximum absolute atomic E-state index is 12.1. The summed E-state index contributed by atoms with van der Waals surface area (Å²) < 4.78 is 17.9. The first-order valence-electron chi connectivity index (χ1n) is 8.14. The van der Waals surface area contributed by atoms with Crippen LogP contribution in [0.5, 0.6) is 0 Å². The predicted molar refractivity (Wildman–Crippen MR) is 88.4 cm³/mol. The first kappa shape index (κ1) is 19.4. The predicted octanol–water partition coefficient (Wildman–Crippen LogP) is 0.426. The van der Waals surface area contributed by atoms with E-state index in [4.69, 9.17) is 19.9 Å². The van der Waals surface area contributed by atoms with E-state index in [0.717, 1.165) is 0 Å². The van der Waals surface area contributed by atoms with Crippen LogP contribution in [-0.4, -0.2) is 45.2 Å². The van der Waals surface area contributed by atoms with Gasteiger partial charge in [-0.15, -0.1) is 0 Å². The number of carbonyl (C=O) groups excluding carboxylic acids is 1. The van der Waals surface area contributed by atoms with Crippen molar-refractivity contribution in [2.45, 2.75) is 58.3 Å². The SMILES string of the molecule is CC(C)C(=O)OC[C@@H]1C[C@@H](OC(C)(C)O)[C@H](n2ccc(N)nc2=O)O1. The Morgan fingerprint density at radius 2 is 2.24 bits per heavy atom. The lowest BCUT2D eigenvalue weighted by Gasteiger charge is -2.27. The van der Waals surface area contributed by atoms with Crippen LogP contribution in [0.3, 0.4) is 0 Å². The molecule has 1 saturated heterocycles. The van der Waals surface area contributed by atoms with Crippen LogP contribution in [0.1, 0.15) is 40.3 Å². The zero-order chi connectivity index (χ0) is 18.8. The van der Waals surface area contributed by atoms with Crippen molar-refractivity contribution >= 4 is 11.8 Å². The Morgan fingerprint density at radius 3 is 2.80 bits per heavy atom. The topological polar surface area (TPSA) is 126 Å². The molecule has 9 heteroatoms. The van der Waals surface area contributed by atoms with Gasteiger partial charge in [-0.2, -0.15) is 4.98 Å². The average molecular weight is 355 g/mol. The summed E-state index contributed by atoms with van der Waals surface area (Å²) in [5.74, 6) is -1.90. The number of aromatic nitrogens is 2. The molecule has 0 saturated carbocycles. The van der Waals surface area contributed by atoms with Gasteiger partial charge in [0.1, 0.15) is 18.5 Å². The Kier molecular flexibility index (Phi) is 5.81. The summed E-state index contributed by atoms with van der Waals surface area (Å²) in [6.45, 7) is 6.48. The van der Waals surface area contributed by atoms with E-state index in [0.29, 0.717) is 6.42 Å². The van der Waals surface area contributed by atoms with Crippen LogP contribution in [0.4, 0.5) is 5.82 Å². The van der Waals surface area contributed by atoms with Crippen molar-refractivity contribution < 1.29 is 24.1 Å². The van der Waals surface area contributed by atoms with Gasteiger partial charge in [0.15, 0.2) is 12.0 Å². The van der Waals surface area contributed by atoms with Crippen molar-refractivity contribution in [1.82, 2.24) is 9.55 Å². The van der Waals surface area contributed by atoms with E-state index in [1.807, 2.05) is 0 Å². The molecule has 1 aromatic heterocycles. The number of nitrogen functional groups attached to an aromatic ring is 1. The van der Waals surface area contributed by atoms with Crippen molar-refractivity contribution in [3.8, 4) is 0 Å². The molecule has 1 aliphatic heterocycles. The highest BCUT2D eigenvalue weighted by Crippen LogP contribution is 2.33. The number of ether oxygens (including phenoxy) is 3. The maximum Gasteiger partial charge on any atom is 0.351 e. The lowest BCUT2D eigenvalue weighted by molar-refractivity contribution is -0.223. The third kappa shape index (κ3) is 5.25. The Morgan fingerprint density at radius 1 is 1.56 bits per heavy atom. The fourth-order valence-corrected chi connectivity index (χ4v) is 2.51. The van der Waals surface area contributed by atoms with Gasteiger partial charge in [-0.05, 0) is 19.9 Å². The molecule has 2 rings (SSSR count). The number of rotatable bonds is 6. The molecule has 0 spiro atoms. The van der Waals surface area contributed by atoms with E-state index < -0.39 is 29.9 Å². The molecule has 0 aromatic carbocycles. The number of nitrogens with zero attached hydrogens (tertiary/aromatic N) is 2. The van der Waals surface area contributed by atoms with Gasteiger partial charge in [0, 0.05) is 12.6 Å². The summed E-state index contributed by atoms with van der Waals surface area (Å²) in [6, 6.07) is 1.47. The fourth-order valence-electron chi connectivity index (χ4n) is 2.51. The van der Waals surface area contributed by atoms with E-state index in [1.54, 1.807) is 13.8 Å². The van der Waals surface area contributed by atoms with Gasteiger partial charge in [-0.3, -0.25) is 9.36 Å². The molecule has 0 amide bonds. The standard InChI is InChI=1S/C16H25N3O6/c1-9(2)14(20)23-8-10-7-11(25-16(3,4)22)13(24-10)19-6-5-12(17)18-15(19)21/h5-6,9-11,13,22H,7-8H2,1-4H3,(H2,17,18,21)/t10-,11+,13+/m0/s1. The minimum Gasteiger partial charge on any atom is -0.463 e. The second kappa shape index (κ2) is 7.51. The van der Waals surface area contributed by atoms with Crippen molar-refractivity contribution in [2.75, 3.05) is 12.3 Å². The average Bonchev–Trinajstić information content (AvgIpc) is 2.85. The highest BCUT2D eigenvalue weighted by atomic mass is 16.7. The van der Waals surface area contributed by atoms with Gasteiger partial charge in [-0.25, -0.2) is 4.79 Å². The van der Waals surface area contributed by atoms with E-state index in [9.17, 15) is 14.7 Å². The van der Waals surface area contributed by atoms with E-state index >= 15 is 0 Å². The van der Waals surface area contributed by atoms with Crippen molar-refractivity contribution in [1.29, 1.82) is 0 Å². The molecule has 25 heavy (non-hydrogen) atoms. The first-order valence-corrected chi connectivity index (χ1v) is 8.14. The summed E-state index contributed by atoms with van der Waals surface area (Å²) in [4.78, 5) is 27.4. The van der Waals surface area contributed by atoms with Crippen LogP contribution < -0.4 is 11.4 Å². The Bertz CT molecular complexity index is 667. The Balaban J connectivity index is 2.16. The fraction of sp³-hybridized carbons (Fsp3) is 0.688. The molecule has 1 aromatic rings. The van der Waals surface area contributed by atoms with Gasteiger partial charge < -0.3 is 25.1 Å². The van der Waals surface area contributed by atoms with Crippen LogP contribution in [0.25, 0.3) is 0 Å². The molecule has 1 aliphatic rings. The second-order valence-electron chi connectivity index (χ2n) is 6.81. The first-order chi connectivity index (χ1) is 11.6. The lowest BCUT2D eigenvalue weighted by atomic mass is 10.2. The van der Waals surface area contributed by atoms with E-state index in [1.165, 1.54) is 30.7 Å². The highest BCUT2D eigenvalue weighted by Gasteiger charge is 2.41. The number of anilines is 1. The second-order valence-corrected chi connectivity index (χ2v) is 6.81. The quantitative estimate of drug-likeness (QED) is 0.555. The third-order valence-electron chi connectivity index (χ3n) is 3.59. The molecule has 0 aliphatic carbocycles. The Hall–Kier alpha value is -1.97. The molecule has 1 fully saturated rings. The number of hydrogen-bond donors (Lipinski definition) is 2. The number of aliphatic hydroxyl groups is 1. The molecule has 3 N–H and O–H groups in total. The lowest BCUT2D eigenvalue weighted by Crippen LogP contribution is -2.37. The van der Waals surface area contributed by atoms with Gasteiger partial charge in [0.05, 0.1) is 12.0 Å². The van der Waals surface area contributed by atoms with Gasteiger partial charge >= 0.3 is 11.7 Å². The van der Waals surface area contributed by atoms with Crippen LogP contribution in [-0.2, 0) is 19.0 Å².